The SMILES string of the molecule is COc1ccc(N(CC(=O)N(Cc2ccc(Cl)c(Cl)c2)[C@@H](Cc2ccccc2)C(=O)NCC(C)C)S(=O)(=O)c2ccc(C)cc2)cc1Cl. The monoisotopic (exact) mass is 729 g/mol. The van der Waals surface area contributed by atoms with Crippen LogP contribution in [0.1, 0.15) is 30.5 Å². The number of anilines is 1. The van der Waals surface area contributed by atoms with E-state index in [9.17, 15) is 18.0 Å². The van der Waals surface area contributed by atoms with Gasteiger partial charge in [0.15, 0.2) is 0 Å². The Labute approximate surface area is 297 Å². The van der Waals surface area contributed by atoms with Crippen LogP contribution in [-0.4, -0.2) is 51.4 Å². The lowest BCUT2D eigenvalue weighted by Gasteiger charge is -2.34. The summed E-state index contributed by atoms with van der Waals surface area (Å²) in [5.41, 5.74) is 2.44. The third kappa shape index (κ3) is 9.44. The van der Waals surface area contributed by atoms with Gasteiger partial charge >= 0.3 is 0 Å². The number of carbonyl (C=O) groups is 2. The van der Waals surface area contributed by atoms with Crippen LogP contribution in [0.2, 0.25) is 15.1 Å². The first-order valence-corrected chi connectivity index (χ1v) is 17.9. The summed E-state index contributed by atoms with van der Waals surface area (Å²) in [5, 5.41) is 3.74. The fourth-order valence-electron chi connectivity index (χ4n) is 4.99. The maximum Gasteiger partial charge on any atom is 0.264 e. The van der Waals surface area contributed by atoms with E-state index in [0.29, 0.717) is 22.9 Å². The van der Waals surface area contributed by atoms with Crippen LogP contribution in [0.15, 0.2) is 95.9 Å². The van der Waals surface area contributed by atoms with Crippen molar-refractivity contribution in [3.8, 4) is 5.75 Å². The second kappa shape index (κ2) is 16.6. The van der Waals surface area contributed by atoms with Gasteiger partial charge in [0, 0.05) is 19.5 Å². The largest absolute Gasteiger partial charge is 0.495 e. The van der Waals surface area contributed by atoms with Crippen LogP contribution in [0.3, 0.4) is 0 Å². The van der Waals surface area contributed by atoms with E-state index in [1.807, 2.05) is 51.1 Å². The number of hydrogen-bond donors (Lipinski definition) is 1. The Kier molecular flexibility index (Phi) is 12.8. The minimum Gasteiger partial charge on any atom is -0.495 e. The van der Waals surface area contributed by atoms with Crippen molar-refractivity contribution in [1.29, 1.82) is 0 Å². The van der Waals surface area contributed by atoms with E-state index in [0.717, 1.165) is 15.4 Å². The maximum absolute atomic E-state index is 14.6. The van der Waals surface area contributed by atoms with Crippen LogP contribution in [0.25, 0.3) is 0 Å². The van der Waals surface area contributed by atoms with Gasteiger partial charge in [-0.1, -0.05) is 103 Å². The third-order valence-electron chi connectivity index (χ3n) is 7.60. The van der Waals surface area contributed by atoms with Crippen molar-refractivity contribution in [2.45, 2.75) is 44.7 Å². The number of rotatable bonds is 14. The van der Waals surface area contributed by atoms with E-state index in [1.165, 1.54) is 42.3 Å². The Bertz CT molecular complexity index is 1840. The van der Waals surface area contributed by atoms with Gasteiger partial charge in [0.05, 0.1) is 32.8 Å². The van der Waals surface area contributed by atoms with Gasteiger partial charge in [-0.3, -0.25) is 13.9 Å². The van der Waals surface area contributed by atoms with Crippen LogP contribution in [-0.2, 0) is 32.6 Å². The van der Waals surface area contributed by atoms with Crippen molar-refractivity contribution in [3.63, 3.8) is 0 Å². The summed E-state index contributed by atoms with van der Waals surface area (Å²) >= 11 is 19.0. The van der Waals surface area contributed by atoms with Gasteiger partial charge in [-0.2, -0.15) is 0 Å². The van der Waals surface area contributed by atoms with E-state index < -0.39 is 28.5 Å². The van der Waals surface area contributed by atoms with E-state index in [4.69, 9.17) is 39.5 Å². The molecule has 2 amide bonds. The highest BCUT2D eigenvalue weighted by molar-refractivity contribution is 7.92. The maximum atomic E-state index is 14.6. The number of ether oxygens (including phenoxy) is 1. The van der Waals surface area contributed by atoms with Gasteiger partial charge in [-0.15, -0.1) is 0 Å². The van der Waals surface area contributed by atoms with Crippen molar-refractivity contribution >= 4 is 62.3 Å². The molecule has 0 saturated heterocycles. The van der Waals surface area contributed by atoms with E-state index in [-0.39, 0.29) is 45.4 Å². The molecule has 1 atom stereocenters. The summed E-state index contributed by atoms with van der Waals surface area (Å²) in [6, 6.07) is 24.1. The van der Waals surface area contributed by atoms with Crippen molar-refractivity contribution < 1.29 is 22.7 Å². The van der Waals surface area contributed by atoms with Crippen LogP contribution < -0.4 is 14.4 Å². The number of methoxy groups -OCH3 is 1. The Morgan fingerprint density at radius 1 is 0.833 bits per heavy atom. The first-order valence-electron chi connectivity index (χ1n) is 15.3. The predicted octanol–water partition coefficient (Wildman–Crippen LogP) is 7.57. The van der Waals surface area contributed by atoms with Crippen LogP contribution in [0, 0.1) is 12.8 Å². The molecule has 8 nitrogen and oxygen atoms in total. The molecule has 0 radical (unpaired) electrons. The number of hydrogen-bond acceptors (Lipinski definition) is 5. The summed E-state index contributed by atoms with van der Waals surface area (Å²) in [7, 11) is -2.85. The summed E-state index contributed by atoms with van der Waals surface area (Å²) in [5.74, 6) is -0.503. The van der Waals surface area contributed by atoms with Crippen molar-refractivity contribution in [3.05, 3.63) is 123 Å². The highest BCUT2D eigenvalue weighted by atomic mass is 35.5. The number of carbonyl (C=O) groups excluding carboxylic acids is 2. The molecule has 0 aliphatic heterocycles. The normalized spacial score (nSPS) is 12.0. The summed E-state index contributed by atoms with van der Waals surface area (Å²) < 4.78 is 34.8. The van der Waals surface area contributed by atoms with Gasteiger partial charge in [-0.05, 0) is 66.4 Å². The Morgan fingerprint density at radius 3 is 2.12 bits per heavy atom. The molecule has 12 heteroatoms. The summed E-state index contributed by atoms with van der Waals surface area (Å²) in [4.78, 5) is 29.9. The number of nitrogens with zero attached hydrogens (tertiary/aromatic N) is 2. The number of benzene rings is 4. The molecule has 0 unspecified atom stereocenters. The van der Waals surface area contributed by atoms with Gasteiger partial charge in [0.2, 0.25) is 11.8 Å². The second-order valence-corrected chi connectivity index (χ2v) is 14.8. The smallest absolute Gasteiger partial charge is 0.264 e. The predicted molar refractivity (Wildman–Crippen MR) is 193 cm³/mol. The standard InChI is InChI=1S/C36H38Cl3N3O5S/c1-24(2)21-40-36(44)33(19-26-8-6-5-7-9-26)41(22-27-12-16-30(37)31(38)18-27)35(43)23-42(28-13-17-34(47-4)32(39)20-28)48(45,46)29-14-10-25(3)11-15-29/h5-18,20,24,33H,19,21-23H2,1-4H3,(H,40,44)/t33-/m0/s1. The van der Waals surface area contributed by atoms with Gasteiger partial charge < -0.3 is 15.0 Å². The average molecular weight is 731 g/mol. The molecule has 0 aliphatic carbocycles. The zero-order valence-corrected chi connectivity index (χ0v) is 30.2. The molecule has 0 saturated carbocycles. The van der Waals surface area contributed by atoms with E-state index in [1.54, 1.807) is 30.3 Å². The fourth-order valence-corrected chi connectivity index (χ4v) is 6.97. The summed E-state index contributed by atoms with van der Waals surface area (Å²) in [6.45, 7) is 5.49. The zero-order valence-electron chi connectivity index (χ0n) is 27.1. The van der Waals surface area contributed by atoms with Gasteiger partial charge in [-0.25, -0.2) is 8.42 Å². The molecule has 0 spiro atoms. The average Bonchev–Trinajstić information content (AvgIpc) is 3.06. The lowest BCUT2D eigenvalue weighted by Crippen LogP contribution is -2.53. The number of sulfonamides is 1. The molecule has 0 heterocycles. The summed E-state index contributed by atoms with van der Waals surface area (Å²) in [6.07, 6.45) is 0.177. The second-order valence-electron chi connectivity index (χ2n) is 11.8. The van der Waals surface area contributed by atoms with E-state index >= 15 is 0 Å². The molecule has 0 aromatic heterocycles. The lowest BCUT2D eigenvalue weighted by atomic mass is 10.0. The molecular weight excluding hydrogens is 693 g/mol. The molecule has 1 N–H and O–H groups in total. The first kappa shape index (κ1) is 37.1. The minimum atomic E-state index is -4.30. The Balaban J connectivity index is 1.84. The number of halogens is 3. The topological polar surface area (TPSA) is 96.0 Å². The zero-order chi connectivity index (χ0) is 35.0. The van der Waals surface area contributed by atoms with Crippen LogP contribution in [0.4, 0.5) is 5.69 Å². The highest BCUT2D eigenvalue weighted by Crippen LogP contribution is 2.33. The molecular formula is C36H38Cl3N3O5S. The first-order chi connectivity index (χ1) is 22.8. The number of nitrogens with one attached hydrogen (secondary N) is 1. The number of aryl methyl sites for hydroxylation is 1. The van der Waals surface area contributed by atoms with Crippen molar-refractivity contribution in [1.82, 2.24) is 10.2 Å². The highest BCUT2D eigenvalue weighted by Gasteiger charge is 2.35. The molecule has 48 heavy (non-hydrogen) atoms. The van der Waals surface area contributed by atoms with Crippen molar-refractivity contribution in [2.24, 2.45) is 5.92 Å². The van der Waals surface area contributed by atoms with Crippen molar-refractivity contribution in [2.75, 3.05) is 24.5 Å². The third-order valence-corrected chi connectivity index (χ3v) is 10.4. The molecule has 0 bridgehead atoms. The molecule has 0 aliphatic rings. The number of amides is 2. The molecule has 0 fully saturated rings. The van der Waals surface area contributed by atoms with Gasteiger partial charge in [0.1, 0.15) is 18.3 Å². The molecule has 4 aromatic carbocycles. The Hall–Kier alpha value is -3.76. The van der Waals surface area contributed by atoms with Crippen LogP contribution >= 0.6 is 34.8 Å². The van der Waals surface area contributed by atoms with Crippen LogP contribution in [0.5, 0.6) is 5.75 Å². The fraction of sp³-hybridized carbons (Fsp3) is 0.278. The Morgan fingerprint density at radius 2 is 1.52 bits per heavy atom. The molecule has 4 aromatic rings. The van der Waals surface area contributed by atoms with E-state index in [2.05, 4.69) is 5.32 Å². The van der Waals surface area contributed by atoms with Gasteiger partial charge in [0.25, 0.3) is 10.0 Å². The lowest BCUT2D eigenvalue weighted by molar-refractivity contribution is -0.140. The minimum absolute atomic E-state index is 0.0145. The molecule has 4 rings (SSSR count). The quantitative estimate of drug-likeness (QED) is 0.144. The molecule has 254 valence electrons.